The molecule has 9 heteroatoms. The quantitative estimate of drug-likeness (QED) is 0.214. The van der Waals surface area contributed by atoms with Crippen LogP contribution in [0.25, 0.3) is 10.9 Å². The van der Waals surface area contributed by atoms with Gasteiger partial charge in [0.15, 0.2) is 5.11 Å². The Kier molecular flexibility index (Phi) is 7.12. The van der Waals surface area contributed by atoms with Gasteiger partial charge in [-0.1, -0.05) is 11.6 Å². The number of pyridine rings is 1. The second-order valence-electron chi connectivity index (χ2n) is 7.99. The van der Waals surface area contributed by atoms with Crippen LogP contribution >= 0.6 is 12.2 Å². The molecule has 2 aromatic carbocycles. The van der Waals surface area contributed by atoms with Crippen molar-refractivity contribution in [1.29, 1.82) is 0 Å². The van der Waals surface area contributed by atoms with E-state index in [1.807, 2.05) is 19.9 Å². The summed E-state index contributed by atoms with van der Waals surface area (Å²) in [7, 11) is 0. The van der Waals surface area contributed by atoms with Crippen molar-refractivity contribution < 1.29 is 4.39 Å². The average molecular weight is 476 g/mol. The normalized spacial score (nSPS) is 10.7. The lowest BCUT2D eigenvalue weighted by atomic mass is 10.1. The van der Waals surface area contributed by atoms with E-state index in [1.165, 1.54) is 17.7 Å². The summed E-state index contributed by atoms with van der Waals surface area (Å²) in [4.78, 5) is 13.4. The Labute approximate surface area is 203 Å². The molecule has 7 nitrogen and oxygen atoms in total. The van der Waals surface area contributed by atoms with Crippen LogP contribution in [0, 0.1) is 26.6 Å². The third kappa shape index (κ3) is 6.14. The van der Waals surface area contributed by atoms with Crippen LogP contribution in [0.15, 0.2) is 54.6 Å². The fourth-order valence-corrected chi connectivity index (χ4v) is 3.70. The van der Waals surface area contributed by atoms with Crippen molar-refractivity contribution in [2.75, 3.05) is 29.0 Å². The molecule has 0 atom stereocenters. The van der Waals surface area contributed by atoms with Crippen LogP contribution in [0.1, 0.15) is 17.0 Å². The molecule has 4 N–H and O–H groups in total. The van der Waals surface area contributed by atoms with Gasteiger partial charge < -0.3 is 21.3 Å². The van der Waals surface area contributed by atoms with Gasteiger partial charge in [0.1, 0.15) is 11.6 Å². The summed E-state index contributed by atoms with van der Waals surface area (Å²) in [5, 5.41) is 14.3. The highest BCUT2D eigenvalue weighted by molar-refractivity contribution is 7.80. The number of benzene rings is 2. The van der Waals surface area contributed by atoms with E-state index >= 15 is 0 Å². The average Bonchev–Trinajstić information content (AvgIpc) is 2.78. The maximum Gasteiger partial charge on any atom is 0.231 e. The minimum atomic E-state index is -0.292. The number of aromatic nitrogens is 3. The Morgan fingerprint density at radius 3 is 2.44 bits per heavy atom. The van der Waals surface area contributed by atoms with E-state index in [0.29, 0.717) is 30.0 Å². The molecule has 0 aliphatic heterocycles. The number of thiocarbonyl (C=S) groups is 1. The number of halogens is 1. The predicted molar refractivity (Wildman–Crippen MR) is 140 cm³/mol. The number of rotatable bonds is 7. The second-order valence-corrected chi connectivity index (χ2v) is 8.40. The number of fused-ring (bicyclic) bond motifs is 1. The molecule has 34 heavy (non-hydrogen) atoms. The SMILES string of the molecule is Cc1ccc2nc(C)cc(NCCNC(=S)Nc3nc(C)cc(Nc4ccc(F)cc4)n3)c2c1. The number of hydrogen-bond acceptors (Lipinski definition) is 6. The largest absolute Gasteiger partial charge is 0.383 e. The van der Waals surface area contributed by atoms with E-state index in [0.717, 1.165) is 33.7 Å². The highest BCUT2D eigenvalue weighted by atomic mass is 32.1. The molecular formula is C25H26FN7S. The maximum absolute atomic E-state index is 13.1. The fourth-order valence-electron chi connectivity index (χ4n) is 3.51. The molecule has 0 radical (unpaired) electrons. The summed E-state index contributed by atoms with van der Waals surface area (Å²) in [6, 6.07) is 16.2. The Hall–Kier alpha value is -3.85. The van der Waals surface area contributed by atoms with E-state index in [2.05, 4.69) is 61.3 Å². The highest BCUT2D eigenvalue weighted by Gasteiger charge is 2.07. The third-order valence-electron chi connectivity index (χ3n) is 5.01. The first kappa shape index (κ1) is 23.3. The first-order valence-corrected chi connectivity index (χ1v) is 11.3. The van der Waals surface area contributed by atoms with Crippen LogP contribution in [-0.2, 0) is 0 Å². The van der Waals surface area contributed by atoms with Gasteiger partial charge in [0, 0.05) is 47.3 Å². The minimum Gasteiger partial charge on any atom is -0.383 e. The number of anilines is 4. The molecule has 174 valence electrons. The van der Waals surface area contributed by atoms with Gasteiger partial charge in [0.25, 0.3) is 0 Å². The van der Waals surface area contributed by atoms with Crippen LogP contribution in [0.4, 0.5) is 27.5 Å². The molecule has 0 aliphatic rings. The summed E-state index contributed by atoms with van der Waals surface area (Å²) >= 11 is 5.41. The molecule has 0 aliphatic carbocycles. The van der Waals surface area contributed by atoms with Gasteiger partial charge in [-0.3, -0.25) is 4.98 Å². The van der Waals surface area contributed by atoms with Crippen molar-refractivity contribution in [3.05, 3.63) is 77.4 Å². The van der Waals surface area contributed by atoms with Crippen molar-refractivity contribution in [2.24, 2.45) is 0 Å². The first-order valence-electron chi connectivity index (χ1n) is 10.9. The lowest BCUT2D eigenvalue weighted by molar-refractivity contribution is 0.628. The summed E-state index contributed by atoms with van der Waals surface area (Å²) in [6.45, 7) is 7.20. The molecule has 2 heterocycles. The lowest BCUT2D eigenvalue weighted by Crippen LogP contribution is -2.33. The molecule has 0 saturated heterocycles. The fraction of sp³-hybridized carbons (Fsp3) is 0.200. The zero-order chi connectivity index (χ0) is 24.1. The highest BCUT2D eigenvalue weighted by Crippen LogP contribution is 2.24. The molecule has 0 fully saturated rings. The van der Waals surface area contributed by atoms with E-state index in [-0.39, 0.29) is 5.82 Å². The molecule has 0 amide bonds. The monoisotopic (exact) mass is 475 g/mol. The van der Waals surface area contributed by atoms with Gasteiger partial charge >= 0.3 is 0 Å². The molecule has 0 spiro atoms. The third-order valence-corrected chi connectivity index (χ3v) is 5.26. The topological polar surface area (TPSA) is 86.8 Å². The summed E-state index contributed by atoms with van der Waals surface area (Å²) in [5.74, 6) is 0.669. The number of nitrogens with zero attached hydrogens (tertiary/aromatic N) is 3. The Bertz CT molecular complexity index is 1330. The van der Waals surface area contributed by atoms with Crippen LogP contribution in [0.3, 0.4) is 0 Å². The Balaban J connectivity index is 1.32. The van der Waals surface area contributed by atoms with Gasteiger partial charge in [-0.2, -0.15) is 4.98 Å². The van der Waals surface area contributed by atoms with E-state index in [4.69, 9.17) is 12.2 Å². The molecule has 4 aromatic rings. The smallest absolute Gasteiger partial charge is 0.231 e. The van der Waals surface area contributed by atoms with Crippen LogP contribution < -0.4 is 21.3 Å². The Morgan fingerprint density at radius 1 is 0.882 bits per heavy atom. The van der Waals surface area contributed by atoms with Crippen molar-refractivity contribution >= 4 is 51.4 Å². The van der Waals surface area contributed by atoms with Crippen molar-refractivity contribution in [3.8, 4) is 0 Å². The number of aryl methyl sites for hydroxylation is 3. The zero-order valence-corrected chi connectivity index (χ0v) is 20.1. The molecule has 0 bridgehead atoms. The number of hydrogen-bond donors (Lipinski definition) is 4. The molecular weight excluding hydrogens is 449 g/mol. The first-order chi connectivity index (χ1) is 16.4. The van der Waals surface area contributed by atoms with Gasteiger partial charge in [-0.05, 0) is 75.5 Å². The predicted octanol–water partition coefficient (Wildman–Crippen LogP) is 5.23. The van der Waals surface area contributed by atoms with E-state index in [1.54, 1.807) is 18.2 Å². The van der Waals surface area contributed by atoms with Gasteiger partial charge in [-0.15, -0.1) is 0 Å². The van der Waals surface area contributed by atoms with Crippen LogP contribution in [0.2, 0.25) is 0 Å². The maximum atomic E-state index is 13.1. The summed E-state index contributed by atoms with van der Waals surface area (Å²) in [5.41, 5.74) is 5.67. The summed E-state index contributed by atoms with van der Waals surface area (Å²) < 4.78 is 13.1. The van der Waals surface area contributed by atoms with Gasteiger partial charge in [0.05, 0.1) is 5.52 Å². The molecule has 0 unspecified atom stereocenters. The molecule has 4 rings (SSSR count). The summed E-state index contributed by atoms with van der Waals surface area (Å²) in [6.07, 6.45) is 0. The minimum absolute atomic E-state index is 0.292. The molecule has 2 aromatic heterocycles. The van der Waals surface area contributed by atoms with E-state index in [9.17, 15) is 4.39 Å². The number of nitrogens with one attached hydrogen (secondary N) is 4. The molecule has 0 saturated carbocycles. The zero-order valence-electron chi connectivity index (χ0n) is 19.2. The van der Waals surface area contributed by atoms with Crippen molar-refractivity contribution in [1.82, 2.24) is 20.3 Å². The van der Waals surface area contributed by atoms with Crippen molar-refractivity contribution in [3.63, 3.8) is 0 Å². The van der Waals surface area contributed by atoms with Crippen molar-refractivity contribution in [2.45, 2.75) is 20.8 Å². The lowest BCUT2D eigenvalue weighted by Gasteiger charge is -2.14. The van der Waals surface area contributed by atoms with Crippen LogP contribution in [0.5, 0.6) is 0 Å². The second kappa shape index (κ2) is 10.4. The van der Waals surface area contributed by atoms with Gasteiger partial charge in [-0.25, -0.2) is 9.37 Å². The van der Waals surface area contributed by atoms with Gasteiger partial charge in [0.2, 0.25) is 5.95 Å². The van der Waals surface area contributed by atoms with E-state index < -0.39 is 0 Å². The van der Waals surface area contributed by atoms with Crippen LogP contribution in [-0.4, -0.2) is 33.2 Å². The Morgan fingerprint density at radius 2 is 1.65 bits per heavy atom. The standard InChI is InChI=1S/C25H26FN7S/c1-15-4-9-21-20(12-15)22(13-16(2)29-21)27-10-11-28-25(34)33-24-30-17(3)14-23(32-24)31-19-7-5-18(26)6-8-19/h4-9,12-14H,10-11H2,1-3H3,(H,27,29)(H3,28,30,31,32,33,34).